The van der Waals surface area contributed by atoms with Crippen molar-refractivity contribution in [3.8, 4) is 5.75 Å². The van der Waals surface area contributed by atoms with Crippen molar-refractivity contribution in [3.05, 3.63) is 62.9 Å². The van der Waals surface area contributed by atoms with Crippen LogP contribution in [0.25, 0.3) is 0 Å². The summed E-state index contributed by atoms with van der Waals surface area (Å²) in [6, 6.07) is 8.60. The van der Waals surface area contributed by atoms with Crippen molar-refractivity contribution in [2.45, 2.75) is 25.5 Å². The monoisotopic (exact) mass is 353 g/mol. The van der Waals surface area contributed by atoms with Gasteiger partial charge < -0.3 is 9.64 Å². The molecule has 5 heteroatoms. The van der Waals surface area contributed by atoms with E-state index in [4.69, 9.17) is 27.9 Å². The number of benzene rings is 2. The summed E-state index contributed by atoms with van der Waals surface area (Å²) in [5.74, 6) is -0.0719. The van der Waals surface area contributed by atoms with Crippen molar-refractivity contribution in [1.29, 1.82) is 0 Å². The van der Waals surface area contributed by atoms with E-state index in [0.717, 1.165) is 23.1 Å². The molecule has 0 aliphatic heterocycles. The van der Waals surface area contributed by atoms with Crippen LogP contribution in [0.2, 0.25) is 10.0 Å². The van der Waals surface area contributed by atoms with E-state index in [1.165, 1.54) is 6.07 Å². The predicted octanol–water partition coefficient (Wildman–Crippen LogP) is 5.05. The molecule has 1 aliphatic carbocycles. The van der Waals surface area contributed by atoms with Gasteiger partial charge in [0.15, 0.2) is 11.6 Å². The number of aryl methyl sites for hydroxylation is 1. The molecule has 0 heterocycles. The highest BCUT2D eigenvalue weighted by atomic mass is 35.5. The van der Waals surface area contributed by atoms with Crippen LogP contribution in [0.15, 0.2) is 30.3 Å². The van der Waals surface area contributed by atoms with Gasteiger partial charge in [-0.15, -0.1) is 0 Å². The largest absolute Gasteiger partial charge is 0.481 e. The molecular weight excluding hydrogens is 336 g/mol. The zero-order chi connectivity index (χ0) is 16.7. The van der Waals surface area contributed by atoms with E-state index >= 15 is 0 Å². The van der Waals surface area contributed by atoms with Gasteiger partial charge in [-0.25, -0.2) is 4.39 Å². The summed E-state index contributed by atoms with van der Waals surface area (Å²) in [4.78, 5) is 2.07. The SMILES string of the molecule is Cc1cccc(F)c1O[C@H]1c2cc(Cl)cc(Cl)c2C[C@@H]1N(C)C. The number of fused-ring (bicyclic) bond motifs is 1. The van der Waals surface area contributed by atoms with Crippen LogP contribution in [0, 0.1) is 12.7 Å². The lowest BCUT2D eigenvalue weighted by Gasteiger charge is -2.28. The Bertz CT molecular complexity index is 728. The summed E-state index contributed by atoms with van der Waals surface area (Å²) in [5.41, 5.74) is 2.72. The maximum Gasteiger partial charge on any atom is 0.165 e. The van der Waals surface area contributed by atoms with E-state index in [1.807, 2.05) is 33.2 Å². The number of ether oxygens (including phenoxy) is 1. The Balaban J connectivity index is 2.06. The van der Waals surface area contributed by atoms with Gasteiger partial charge in [0.25, 0.3) is 0 Å². The van der Waals surface area contributed by atoms with Crippen LogP contribution in [0.3, 0.4) is 0 Å². The molecule has 0 spiro atoms. The molecule has 2 aromatic carbocycles. The van der Waals surface area contributed by atoms with Crippen molar-refractivity contribution < 1.29 is 9.13 Å². The van der Waals surface area contributed by atoms with E-state index in [-0.39, 0.29) is 23.7 Å². The maximum atomic E-state index is 14.2. The molecule has 2 nitrogen and oxygen atoms in total. The van der Waals surface area contributed by atoms with Gasteiger partial charge in [-0.05, 0) is 56.8 Å². The number of halogens is 3. The molecular formula is C18H18Cl2FNO. The second kappa shape index (κ2) is 6.31. The van der Waals surface area contributed by atoms with Crippen molar-refractivity contribution >= 4 is 23.2 Å². The minimum Gasteiger partial charge on any atom is -0.481 e. The van der Waals surface area contributed by atoms with Crippen molar-refractivity contribution in [2.24, 2.45) is 0 Å². The number of hydrogen-bond acceptors (Lipinski definition) is 2. The standard InChI is InChI=1S/C18H18Cl2FNO/c1-10-5-4-6-15(21)17(10)23-18-13-7-11(19)8-14(20)12(13)9-16(18)22(2)3/h4-8,16,18H,9H2,1-3H3/t16-,18-/m0/s1. The molecule has 1 aliphatic rings. The third-order valence-corrected chi connectivity index (χ3v) is 4.89. The first-order valence-electron chi connectivity index (χ1n) is 7.44. The lowest BCUT2D eigenvalue weighted by atomic mass is 10.1. The molecule has 122 valence electrons. The van der Waals surface area contributed by atoms with Gasteiger partial charge in [-0.3, -0.25) is 0 Å². The number of para-hydroxylation sites is 1. The zero-order valence-corrected chi connectivity index (χ0v) is 14.7. The third kappa shape index (κ3) is 3.06. The summed E-state index contributed by atoms with van der Waals surface area (Å²) in [7, 11) is 3.97. The Labute approximate surface area is 145 Å². The van der Waals surface area contributed by atoms with Crippen LogP contribution in [-0.4, -0.2) is 25.0 Å². The van der Waals surface area contributed by atoms with Gasteiger partial charge in [0.1, 0.15) is 6.10 Å². The second-order valence-corrected chi connectivity index (χ2v) is 6.96. The van der Waals surface area contributed by atoms with E-state index in [1.54, 1.807) is 12.1 Å². The number of rotatable bonds is 3. The number of hydrogen-bond donors (Lipinski definition) is 0. The summed E-state index contributed by atoms with van der Waals surface area (Å²) < 4.78 is 20.3. The van der Waals surface area contributed by atoms with Crippen molar-refractivity contribution in [2.75, 3.05) is 14.1 Å². The Hall–Kier alpha value is -1.29. The minimum absolute atomic E-state index is 0.0694. The van der Waals surface area contributed by atoms with Crippen LogP contribution in [0.4, 0.5) is 4.39 Å². The summed E-state index contributed by atoms with van der Waals surface area (Å²) in [6.07, 6.45) is 0.433. The highest BCUT2D eigenvalue weighted by Crippen LogP contribution is 2.42. The smallest absolute Gasteiger partial charge is 0.165 e. The highest BCUT2D eigenvalue weighted by Gasteiger charge is 2.38. The third-order valence-electron chi connectivity index (χ3n) is 4.34. The zero-order valence-electron chi connectivity index (χ0n) is 13.2. The molecule has 3 rings (SSSR count). The fraction of sp³-hybridized carbons (Fsp3) is 0.333. The Kier molecular flexibility index (Phi) is 4.54. The van der Waals surface area contributed by atoms with Crippen LogP contribution in [-0.2, 0) is 6.42 Å². The molecule has 23 heavy (non-hydrogen) atoms. The Morgan fingerprint density at radius 1 is 1.22 bits per heavy atom. The molecule has 0 N–H and O–H groups in total. The lowest BCUT2D eigenvalue weighted by Crippen LogP contribution is -2.34. The molecule has 0 radical (unpaired) electrons. The molecule has 0 saturated heterocycles. The Morgan fingerprint density at radius 3 is 2.61 bits per heavy atom. The van der Waals surface area contributed by atoms with E-state index in [2.05, 4.69) is 4.90 Å². The van der Waals surface area contributed by atoms with Crippen LogP contribution in [0.1, 0.15) is 22.8 Å². The average Bonchev–Trinajstić information content (AvgIpc) is 2.82. The first-order chi connectivity index (χ1) is 10.9. The molecule has 0 saturated carbocycles. The quantitative estimate of drug-likeness (QED) is 0.765. The minimum atomic E-state index is -0.357. The van der Waals surface area contributed by atoms with Gasteiger partial charge in [-0.2, -0.15) is 0 Å². The molecule has 0 fully saturated rings. The first kappa shape index (κ1) is 16.6. The van der Waals surface area contributed by atoms with E-state index in [9.17, 15) is 4.39 Å². The van der Waals surface area contributed by atoms with E-state index < -0.39 is 0 Å². The first-order valence-corrected chi connectivity index (χ1v) is 8.20. The van der Waals surface area contributed by atoms with Gasteiger partial charge >= 0.3 is 0 Å². The maximum absolute atomic E-state index is 14.2. The number of likely N-dealkylation sites (N-methyl/N-ethyl adjacent to an activating group) is 1. The van der Waals surface area contributed by atoms with Crippen molar-refractivity contribution in [1.82, 2.24) is 4.90 Å². The number of nitrogens with zero attached hydrogens (tertiary/aromatic N) is 1. The van der Waals surface area contributed by atoms with Crippen LogP contribution >= 0.6 is 23.2 Å². The van der Waals surface area contributed by atoms with Gasteiger partial charge in [-0.1, -0.05) is 35.3 Å². The highest BCUT2D eigenvalue weighted by molar-refractivity contribution is 6.35. The molecule has 0 bridgehead atoms. The van der Waals surface area contributed by atoms with Gasteiger partial charge in [0, 0.05) is 15.6 Å². The van der Waals surface area contributed by atoms with E-state index in [0.29, 0.717) is 10.0 Å². The average molecular weight is 354 g/mol. The van der Waals surface area contributed by atoms with Crippen LogP contribution < -0.4 is 4.74 Å². The van der Waals surface area contributed by atoms with Gasteiger partial charge in [0.2, 0.25) is 0 Å². The van der Waals surface area contributed by atoms with Gasteiger partial charge in [0.05, 0.1) is 6.04 Å². The molecule has 0 unspecified atom stereocenters. The topological polar surface area (TPSA) is 12.5 Å². The molecule has 2 atom stereocenters. The second-order valence-electron chi connectivity index (χ2n) is 6.11. The fourth-order valence-corrected chi connectivity index (χ4v) is 3.69. The summed E-state index contributed by atoms with van der Waals surface area (Å²) in [6.45, 7) is 1.84. The van der Waals surface area contributed by atoms with Crippen molar-refractivity contribution in [3.63, 3.8) is 0 Å². The lowest BCUT2D eigenvalue weighted by molar-refractivity contribution is 0.106. The van der Waals surface area contributed by atoms with Crippen LogP contribution in [0.5, 0.6) is 5.75 Å². The molecule has 0 aromatic heterocycles. The molecule has 2 aromatic rings. The fourth-order valence-electron chi connectivity index (χ4n) is 3.10. The molecule has 0 amide bonds. The predicted molar refractivity (Wildman–Crippen MR) is 92.1 cm³/mol. The Morgan fingerprint density at radius 2 is 1.96 bits per heavy atom. The summed E-state index contributed by atoms with van der Waals surface area (Å²) >= 11 is 12.5. The normalized spacial score (nSPS) is 20.0. The summed E-state index contributed by atoms with van der Waals surface area (Å²) in [5, 5.41) is 1.20.